The minimum Gasteiger partial charge on any atom is -0.232 e. The Hall–Kier alpha value is -1.35. The van der Waals surface area contributed by atoms with E-state index in [4.69, 9.17) is 11.6 Å². The van der Waals surface area contributed by atoms with Crippen LogP contribution < -0.4 is 0 Å². The van der Waals surface area contributed by atoms with Gasteiger partial charge in [-0.25, -0.2) is 9.67 Å². The third-order valence-electron chi connectivity index (χ3n) is 3.17. The van der Waals surface area contributed by atoms with Crippen molar-refractivity contribution in [3.8, 4) is 5.82 Å². The number of hydrogen-bond acceptors (Lipinski definition) is 2. The van der Waals surface area contributed by atoms with Crippen molar-refractivity contribution >= 4 is 11.6 Å². The van der Waals surface area contributed by atoms with Crippen LogP contribution in [-0.2, 0) is 0 Å². The summed E-state index contributed by atoms with van der Waals surface area (Å²) < 4.78 is 1.89. The minimum atomic E-state index is 0.699. The standard InChI is InChI=1S/C13H16ClN3/c1-7-6-12(14)10(4)15-13(7)17-11(5)8(2)9(3)16-17/h6H,1-5H3. The van der Waals surface area contributed by atoms with E-state index in [1.807, 2.05) is 31.5 Å². The molecule has 17 heavy (non-hydrogen) atoms. The molecule has 0 unspecified atom stereocenters. The van der Waals surface area contributed by atoms with E-state index in [2.05, 4.69) is 23.9 Å². The van der Waals surface area contributed by atoms with Gasteiger partial charge in [0.25, 0.3) is 0 Å². The number of hydrogen-bond donors (Lipinski definition) is 0. The first-order valence-electron chi connectivity index (χ1n) is 5.58. The van der Waals surface area contributed by atoms with Gasteiger partial charge in [-0.2, -0.15) is 5.10 Å². The molecule has 0 amide bonds. The fourth-order valence-electron chi connectivity index (χ4n) is 1.80. The molecular weight excluding hydrogens is 234 g/mol. The lowest BCUT2D eigenvalue weighted by Crippen LogP contribution is -2.06. The summed E-state index contributed by atoms with van der Waals surface area (Å²) in [5.41, 5.74) is 5.23. The number of nitrogens with zero attached hydrogens (tertiary/aromatic N) is 3. The molecule has 0 aliphatic heterocycles. The SMILES string of the molecule is Cc1cc(Cl)c(C)nc1-n1nc(C)c(C)c1C. The van der Waals surface area contributed by atoms with Crippen molar-refractivity contribution in [1.82, 2.24) is 14.8 Å². The molecule has 3 nitrogen and oxygen atoms in total. The Labute approximate surface area is 106 Å². The Morgan fingerprint density at radius 2 is 1.71 bits per heavy atom. The van der Waals surface area contributed by atoms with Crippen molar-refractivity contribution in [2.75, 3.05) is 0 Å². The topological polar surface area (TPSA) is 30.7 Å². The quantitative estimate of drug-likeness (QED) is 0.775. The summed E-state index contributed by atoms with van der Waals surface area (Å²) in [4.78, 5) is 4.53. The van der Waals surface area contributed by atoms with Crippen LogP contribution in [-0.4, -0.2) is 14.8 Å². The minimum absolute atomic E-state index is 0.699. The van der Waals surface area contributed by atoms with E-state index in [1.54, 1.807) is 0 Å². The number of aromatic nitrogens is 3. The summed E-state index contributed by atoms with van der Waals surface area (Å²) in [6.07, 6.45) is 0. The summed E-state index contributed by atoms with van der Waals surface area (Å²) in [5.74, 6) is 0.862. The molecule has 0 spiro atoms. The van der Waals surface area contributed by atoms with Gasteiger partial charge in [0.1, 0.15) is 0 Å². The van der Waals surface area contributed by atoms with Crippen molar-refractivity contribution in [2.45, 2.75) is 34.6 Å². The molecule has 0 atom stereocenters. The third kappa shape index (κ3) is 1.95. The van der Waals surface area contributed by atoms with Crippen LogP contribution in [0, 0.1) is 34.6 Å². The zero-order chi connectivity index (χ0) is 12.7. The van der Waals surface area contributed by atoms with Crippen LogP contribution in [0.1, 0.15) is 28.2 Å². The number of aryl methyl sites for hydroxylation is 3. The average Bonchev–Trinajstić information content (AvgIpc) is 2.51. The molecule has 4 heteroatoms. The fourth-order valence-corrected chi connectivity index (χ4v) is 2.01. The Kier molecular flexibility index (Phi) is 2.96. The van der Waals surface area contributed by atoms with Crippen LogP contribution in [0.4, 0.5) is 0 Å². The summed E-state index contributed by atoms with van der Waals surface area (Å²) in [5, 5.41) is 5.22. The van der Waals surface area contributed by atoms with Crippen molar-refractivity contribution in [3.63, 3.8) is 0 Å². The van der Waals surface area contributed by atoms with E-state index in [1.165, 1.54) is 5.56 Å². The zero-order valence-corrected chi connectivity index (χ0v) is 11.6. The molecule has 0 saturated carbocycles. The van der Waals surface area contributed by atoms with Gasteiger partial charge in [-0.1, -0.05) is 11.6 Å². The Bertz CT molecular complexity index is 585. The normalized spacial score (nSPS) is 10.9. The maximum absolute atomic E-state index is 6.06. The second kappa shape index (κ2) is 4.15. The van der Waals surface area contributed by atoms with E-state index >= 15 is 0 Å². The molecule has 2 heterocycles. The lowest BCUT2D eigenvalue weighted by atomic mass is 10.2. The summed E-state index contributed by atoms with van der Waals surface area (Å²) in [7, 11) is 0. The first-order chi connectivity index (χ1) is 7.91. The van der Waals surface area contributed by atoms with Crippen LogP contribution in [0.2, 0.25) is 5.02 Å². The molecule has 2 rings (SSSR count). The van der Waals surface area contributed by atoms with Gasteiger partial charge >= 0.3 is 0 Å². The van der Waals surface area contributed by atoms with Crippen molar-refractivity contribution in [1.29, 1.82) is 0 Å². The molecule has 2 aromatic rings. The molecular formula is C13H16ClN3. The molecule has 0 fully saturated rings. The van der Waals surface area contributed by atoms with Gasteiger partial charge < -0.3 is 0 Å². The highest BCUT2D eigenvalue weighted by Gasteiger charge is 2.13. The van der Waals surface area contributed by atoms with Crippen LogP contribution in [0.3, 0.4) is 0 Å². The molecule has 0 saturated heterocycles. The summed E-state index contributed by atoms with van der Waals surface area (Å²) >= 11 is 6.06. The summed E-state index contributed by atoms with van der Waals surface area (Å²) in [6.45, 7) is 10.0. The van der Waals surface area contributed by atoms with Crippen LogP contribution in [0.5, 0.6) is 0 Å². The van der Waals surface area contributed by atoms with Gasteiger partial charge in [0.15, 0.2) is 5.82 Å². The largest absolute Gasteiger partial charge is 0.232 e. The number of rotatable bonds is 1. The second-order valence-electron chi connectivity index (χ2n) is 4.40. The number of pyridine rings is 1. The molecule has 0 aliphatic carbocycles. The Morgan fingerprint density at radius 3 is 2.24 bits per heavy atom. The summed E-state index contributed by atoms with van der Waals surface area (Å²) in [6, 6.07) is 1.94. The van der Waals surface area contributed by atoms with E-state index in [-0.39, 0.29) is 0 Å². The zero-order valence-electron chi connectivity index (χ0n) is 10.8. The monoisotopic (exact) mass is 249 g/mol. The van der Waals surface area contributed by atoms with Gasteiger partial charge in [0.2, 0.25) is 0 Å². The number of halogens is 1. The smallest absolute Gasteiger partial charge is 0.156 e. The van der Waals surface area contributed by atoms with E-state index in [0.717, 1.165) is 28.5 Å². The molecule has 0 aromatic carbocycles. The van der Waals surface area contributed by atoms with E-state index < -0.39 is 0 Å². The Morgan fingerprint density at radius 1 is 1.06 bits per heavy atom. The predicted octanol–water partition coefficient (Wildman–Crippen LogP) is 3.46. The van der Waals surface area contributed by atoms with Gasteiger partial charge in [-0.05, 0) is 51.8 Å². The second-order valence-corrected chi connectivity index (χ2v) is 4.81. The maximum Gasteiger partial charge on any atom is 0.156 e. The molecule has 0 N–H and O–H groups in total. The first-order valence-corrected chi connectivity index (χ1v) is 5.96. The van der Waals surface area contributed by atoms with Crippen molar-refractivity contribution < 1.29 is 0 Å². The van der Waals surface area contributed by atoms with Gasteiger partial charge in [-0.3, -0.25) is 0 Å². The predicted molar refractivity (Wildman–Crippen MR) is 70.1 cm³/mol. The van der Waals surface area contributed by atoms with Gasteiger partial charge in [-0.15, -0.1) is 0 Å². The lowest BCUT2D eigenvalue weighted by molar-refractivity contribution is 0.794. The molecule has 0 aliphatic rings. The van der Waals surface area contributed by atoms with Crippen molar-refractivity contribution in [2.24, 2.45) is 0 Å². The van der Waals surface area contributed by atoms with E-state index in [9.17, 15) is 0 Å². The molecule has 2 aromatic heterocycles. The molecule has 90 valence electrons. The van der Waals surface area contributed by atoms with Crippen LogP contribution in [0.15, 0.2) is 6.07 Å². The fraction of sp³-hybridized carbons (Fsp3) is 0.385. The maximum atomic E-state index is 6.06. The van der Waals surface area contributed by atoms with Gasteiger partial charge in [0.05, 0.1) is 16.4 Å². The Balaban J connectivity index is 2.68. The highest BCUT2D eigenvalue weighted by molar-refractivity contribution is 6.31. The highest BCUT2D eigenvalue weighted by Crippen LogP contribution is 2.22. The average molecular weight is 250 g/mol. The van der Waals surface area contributed by atoms with Crippen LogP contribution >= 0.6 is 11.6 Å². The third-order valence-corrected chi connectivity index (χ3v) is 3.55. The van der Waals surface area contributed by atoms with Gasteiger partial charge in [0, 0.05) is 5.69 Å². The lowest BCUT2D eigenvalue weighted by Gasteiger charge is -2.09. The highest BCUT2D eigenvalue weighted by atomic mass is 35.5. The van der Waals surface area contributed by atoms with Crippen molar-refractivity contribution in [3.05, 3.63) is 39.3 Å². The molecule has 0 radical (unpaired) electrons. The molecule has 0 bridgehead atoms. The van der Waals surface area contributed by atoms with E-state index in [0.29, 0.717) is 5.02 Å². The first kappa shape index (κ1) is 12.1. The van der Waals surface area contributed by atoms with Crippen LogP contribution in [0.25, 0.3) is 5.82 Å².